The number of hydrazone groups is 1. The number of rotatable bonds is 24. The molecule has 1 unspecified atom stereocenters. The van der Waals surface area contributed by atoms with Crippen LogP contribution in [-0.2, 0) is 25.5 Å². The molecule has 0 aliphatic heterocycles. The molecule has 1 aromatic heterocycles. The van der Waals surface area contributed by atoms with E-state index in [-0.39, 0.29) is 28.6 Å². The second-order valence-electron chi connectivity index (χ2n) is 14.0. The van der Waals surface area contributed by atoms with E-state index in [1.54, 1.807) is 72.9 Å². The highest BCUT2D eigenvalue weighted by molar-refractivity contribution is 7.16. The number of benzene rings is 3. The van der Waals surface area contributed by atoms with Crippen LogP contribution in [0.5, 0.6) is 23.0 Å². The SMILES string of the molecule is C=CC(=O)OCCCCCCOc1ccc(C(=O)Oc2cc(/C=N/Nc3nc4c(s3)C=CC(C)C4)ccc2OC(=O)c2ccc(OCCCCCCOC(C)=O)cc2)cc1. The number of nitrogens with one attached hydrogen (secondary N) is 1. The Hall–Kier alpha value is -6.28. The maximum atomic E-state index is 13.4. The minimum atomic E-state index is -0.662. The predicted molar refractivity (Wildman–Crippen MR) is 230 cm³/mol. The molecule has 5 rings (SSSR count). The van der Waals surface area contributed by atoms with Crippen molar-refractivity contribution in [2.24, 2.45) is 11.0 Å². The molecule has 0 fully saturated rings. The third kappa shape index (κ3) is 15.1. The smallest absolute Gasteiger partial charge is 0.343 e. The van der Waals surface area contributed by atoms with Gasteiger partial charge in [-0.2, -0.15) is 5.10 Å². The van der Waals surface area contributed by atoms with Crippen molar-refractivity contribution in [3.63, 3.8) is 0 Å². The van der Waals surface area contributed by atoms with Gasteiger partial charge in [-0.3, -0.25) is 10.2 Å². The minimum Gasteiger partial charge on any atom is -0.494 e. The number of carbonyl (C=O) groups is 4. The van der Waals surface area contributed by atoms with Gasteiger partial charge in [-0.25, -0.2) is 19.4 Å². The van der Waals surface area contributed by atoms with Crippen LogP contribution in [0.4, 0.5) is 5.13 Å². The summed E-state index contributed by atoms with van der Waals surface area (Å²) in [5, 5.41) is 5.01. The van der Waals surface area contributed by atoms with Gasteiger partial charge in [0.15, 0.2) is 11.5 Å². The van der Waals surface area contributed by atoms with Crippen LogP contribution in [-0.4, -0.2) is 61.5 Å². The number of hydrogen-bond donors (Lipinski definition) is 1. The number of allylic oxidation sites excluding steroid dienone is 1. The lowest BCUT2D eigenvalue weighted by atomic mass is 10.00. The molecule has 1 aliphatic carbocycles. The first kappa shape index (κ1) is 44.8. The second kappa shape index (κ2) is 24.0. The quantitative estimate of drug-likeness (QED) is 0.0178. The van der Waals surface area contributed by atoms with Gasteiger partial charge in [0, 0.05) is 13.0 Å². The third-order valence-corrected chi connectivity index (χ3v) is 10.0. The van der Waals surface area contributed by atoms with E-state index in [0.717, 1.165) is 74.4 Å². The molecule has 0 bridgehead atoms. The van der Waals surface area contributed by atoms with Crippen molar-refractivity contribution in [2.45, 2.75) is 71.6 Å². The van der Waals surface area contributed by atoms with E-state index in [4.69, 9.17) is 28.4 Å². The van der Waals surface area contributed by atoms with E-state index >= 15 is 0 Å². The zero-order valence-electron chi connectivity index (χ0n) is 34.0. The van der Waals surface area contributed by atoms with Gasteiger partial charge < -0.3 is 28.4 Å². The molecule has 3 aromatic carbocycles. The lowest BCUT2D eigenvalue weighted by Gasteiger charge is -2.12. The van der Waals surface area contributed by atoms with Crippen molar-refractivity contribution >= 4 is 52.6 Å². The Balaban J connectivity index is 1.18. The zero-order chi connectivity index (χ0) is 42.5. The summed E-state index contributed by atoms with van der Waals surface area (Å²) >= 11 is 1.51. The van der Waals surface area contributed by atoms with Gasteiger partial charge in [0.1, 0.15) is 11.5 Å². The molecular weight excluding hydrogens is 787 g/mol. The first-order chi connectivity index (χ1) is 29.2. The molecule has 14 heteroatoms. The lowest BCUT2D eigenvalue weighted by molar-refractivity contribution is -0.141. The first-order valence-electron chi connectivity index (χ1n) is 20.1. The highest BCUT2D eigenvalue weighted by Gasteiger charge is 2.19. The van der Waals surface area contributed by atoms with Crippen molar-refractivity contribution in [3.05, 3.63) is 113 Å². The van der Waals surface area contributed by atoms with Gasteiger partial charge in [-0.15, -0.1) is 0 Å². The number of carbonyl (C=O) groups excluding carboxylic acids is 4. The topological polar surface area (TPSA) is 161 Å². The van der Waals surface area contributed by atoms with Gasteiger partial charge in [-0.1, -0.05) is 30.9 Å². The summed E-state index contributed by atoms with van der Waals surface area (Å²) in [6, 6.07) is 18.0. The van der Waals surface area contributed by atoms with Gasteiger partial charge in [0.05, 0.1) is 54.3 Å². The fraction of sp³-hybridized carbons (Fsp3) is 0.348. The molecule has 60 heavy (non-hydrogen) atoms. The van der Waals surface area contributed by atoms with E-state index in [9.17, 15) is 19.2 Å². The molecule has 0 saturated carbocycles. The Morgan fingerprint density at radius 2 is 1.33 bits per heavy atom. The minimum absolute atomic E-state index is 0.0218. The summed E-state index contributed by atoms with van der Waals surface area (Å²) < 4.78 is 33.2. The maximum absolute atomic E-state index is 13.4. The number of anilines is 1. The largest absolute Gasteiger partial charge is 0.494 e. The fourth-order valence-electron chi connectivity index (χ4n) is 5.88. The molecule has 0 amide bonds. The maximum Gasteiger partial charge on any atom is 0.343 e. The van der Waals surface area contributed by atoms with E-state index in [2.05, 4.69) is 41.2 Å². The number of fused-ring (bicyclic) bond motifs is 1. The molecule has 0 saturated heterocycles. The average molecular weight is 838 g/mol. The molecule has 1 atom stereocenters. The number of hydrogen-bond acceptors (Lipinski definition) is 14. The Bertz CT molecular complexity index is 2110. The number of esters is 4. The number of nitrogens with zero attached hydrogens (tertiary/aromatic N) is 2. The molecule has 1 heterocycles. The summed E-state index contributed by atoms with van der Waals surface area (Å²) in [6.07, 6.45) is 14.7. The van der Waals surface area contributed by atoms with Crippen LogP contribution in [0.3, 0.4) is 0 Å². The molecule has 0 radical (unpaired) electrons. The summed E-state index contributed by atoms with van der Waals surface area (Å²) in [5.41, 5.74) is 5.14. The van der Waals surface area contributed by atoms with E-state index in [1.807, 2.05) is 0 Å². The van der Waals surface area contributed by atoms with E-state index < -0.39 is 17.9 Å². The number of aromatic nitrogens is 1. The van der Waals surface area contributed by atoms with Crippen molar-refractivity contribution in [1.29, 1.82) is 0 Å². The molecule has 316 valence electrons. The van der Waals surface area contributed by atoms with Gasteiger partial charge >= 0.3 is 23.9 Å². The van der Waals surface area contributed by atoms with Crippen molar-refractivity contribution in [3.8, 4) is 23.0 Å². The number of thiazole rings is 1. The third-order valence-electron chi connectivity index (χ3n) is 9.08. The number of ether oxygens (including phenoxy) is 6. The summed E-state index contributed by atoms with van der Waals surface area (Å²) in [6.45, 7) is 8.72. The first-order valence-corrected chi connectivity index (χ1v) is 20.9. The highest BCUT2D eigenvalue weighted by Crippen LogP contribution is 2.32. The Kier molecular flexibility index (Phi) is 17.9. The van der Waals surface area contributed by atoms with Crippen LogP contribution in [0.15, 0.2) is 90.6 Å². The van der Waals surface area contributed by atoms with Gasteiger partial charge in [0.25, 0.3) is 0 Å². The molecule has 1 aliphatic rings. The van der Waals surface area contributed by atoms with Gasteiger partial charge in [-0.05, 0) is 142 Å². The fourth-order valence-corrected chi connectivity index (χ4v) is 6.73. The summed E-state index contributed by atoms with van der Waals surface area (Å²) in [4.78, 5) is 54.5. The summed E-state index contributed by atoms with van der Waals surface area (Å²) in [7, 11) is 0. The van der Waals surface area contributed by atoms with Gasteiger partial charge in [0.2, 0.25) is 5.13 Å². The van der Waals surface area contributed by atoms with Crippen LogP contribution >= 0.6 is 11.3 Å². The molecule has 4 aromatic rings. The molecule has 0 spiro atoms. The molecule has 1 N–H and O–H groups in total. The Labute approximate surface area is 354 Å². The molecular formula is C46H51N3O10S. The molecule has 13 nitrogen and oxygen atoms in total. The monoisotopic (exact) mass is 837 g/mol. The van der Waals surface area contributed by atoms with Crippen LogP contribution in [0.1, 0.15) is 102 Å². The van der Waals surface area contributed by atoms with Crippen molar-refractivity contribution < 1.29 is 47.6 Å². The van der Waals surface area contributed by atoms with Crippen LogP contribution in [0.2, 0.25) is 0 Å². The average Bonchev–Trinajstić information content (AvgIpc) is 3.65. The zero-order valence-corrected chi connectivity index (χ0v) is 34.8. The number of unbranched alkanes of at least 4 members (excludes halogenated alkanes) is 6. The second-order valence-corrected chi connectivity index (χ2v) is 15.0. The normalized spacial score (nSPS) is 12.9. The van der Waals surface area contributed by atoms with Crippen molar-refractivity contribution in [1.82, 2.24) is 4.98 Å². The van der Waals surface area contributed by atoms with Crippen LogP contribution in [0.25, 0.3) is 6.08 Å². The van der Waals surface area contributed by atoms with Crippen LogP contribution in [0, 0.1) is 5.92 Å². The Morgan fingerprint density at radius 1 is 0.767 bits per heavy atom. The van der Waals surface area contributed by atoms with E-state index in [0.29, 0.717) is 54.5 Å². The van der Waals surface area contributed by atoms with Crippen molar-refractivity contribution in [2.75, 3.05) is 31.9 Å². The lowest BCUT2D eigenvalue weighted by Crippen LogP contribution is -2.13. The standard InChI is InChI=1S/C46H51N3O10S/c1-4-43(51)57-28-12-8-7-11-27-56-38-21-17-36(18-22-38)45(53)59-41-30-34(31-47-49-46-48-39-29-32(2)13-24-42(39)60-46)14-23-40(41)58-44(52)35-15-19-37(20-16-35)55-26-10-6-5-9-25-54-33(3)50/h4,13-24,30-32H,1,5-12,25-29H2,2-3H3,(H,48,49)/b47-31+. The summed E-state index contributed by atoms with van der Waals surface area (Å²) in [5.74, 6) is -0.299. The Morgan fingerprint density at radius 3 is 1.92 bits per heavy atom. The van der Waals surface area contributed by atoms with E-state index in [1.165, 1.54) is 18.3 Å². The van der Waals surface area contributed by atoms with Crippen LogP contribution < -0.4 is 24.4 Å². The predicted octanol–water partition coefficient (Wildman–Crippen LogP) is 9.40. The highest BCUT2D eigenvalue weighted by atomic mass is 32.1.